The third-order valence-corrected chi connectivity index (χ3v) is 4.21. The van der Waals surface area contributed by atoms with E-state index in [1.807, 2.05) is 25.1 Å². The van der Waals surface area contributed by atoms with Crippen molar-refractivity contribution in [3.05, 3.63) is 36.0 Å². The molecule has 0 saturated carbocycles. The highest BCUT2D eigenvalue weighted by Crippen LogP contribution is 2.19. The van der Waals surface area contributed by atoms with E-state index in [2.05, 4.69) is 37.2 Å². The van der Waals surface area contributed by atoms with Crippen molar-refractivity contribution >= 4 is 11.5 Å². The highest BCUT2D eigenvalue weighted by Gasteiger charge is 2.25. The van der Waals surface area contributed by atoms with E-state index >= 15 is 0 Å². The molecule has 0 radical (unpaired) electrons. The van der Waals surface area contributed by atoms with Gasteiger partial charge in [0.25, 0.3) is 0 Å². The average molecular weight is 313 g/mol. The van der Waals surface area contributed by atoms with Crippen molar-refractivity contribution in [3.63, 3.8) is 0 Å². The first-order valence-corrected chi connectivity index (χ1v) is 7.77. The molecule has 1 aliphatic rings. The standard InChI is InChI=1S/C15H19N7O/c1-11-7-13(23-19-11)9-20-5-6-21(12(2)8-20)15-4-3-14-17-16-10-22(14)18-15/h3-4,7,10,12H,5-6,8-9H2,1-2H3. The van der Waals surface area contributed by atoms with Gasteiger partial charge in [-0.1, -0.05) is 5.16 Å². The van der Waals surface area contributed by atoms with E-state index in [9.17, 15) is 0 Å². The van der Waals surface area contributed by atoms with Crippen molar-refractivity contribution in [2.24, 2.45) is 0 Å². The number of aromatic nitrogens is 5. The second-order valence-corrected chi connectivity index (χ2v) is 6.04. The van der Waals surface area contributed by atoms with Crippen LogP contribution >= 0.6 is 0 Å². The van der Waals surface area contributed by atoms with Crippen LogP contribution in [0.3, 0.4) is 0 Å². The lowest BCUT2D eigenvalue weighted by Gasteiger charge is -2.40. The zero-order valence-electron chi connectivity index (χ0n) is 13.3. The maximum Gasteiger partial charge on any atom is 0.177 e. The Balaban J connectivity index is 1.46. The minimum atomic E-state index is 0.370. The zero-order chi connectivity index (χ0) is 15.8. The number of piperazine rings is 1. The van der Waals surface area contributed by atoms with Crippen molar-refractivity contribution < 1.29 is 4.52 Å². The van der Waals surface area contributed by atoms with E-state index in [0.29, 0.717) is 6.04 Å². The number of hydrogen-bond acceptors (Lipinski definition) is 7. The summed E-state index contributed by atoms with van der Waals surface area (Å²) >= 11 is 0. The Morgan fingerprint density at radius 2 is 2.22 bits per heavy atom. The predicted octanol–water partition coefficient (Wildman–Crippen LogP) is 1.13. The maximum atomic E-state index is 5.32. The van der Waals surface area contributed by atoms with Gasteiger partial charge in [-0.05, 0) is 26.0 Å². The number of anilines is 1. The van der Waals surface area contributed by atoms with Gasteiger partial charge in [0.05, 0.1) is 12.2 Å². The molecule has 0 bridgehead atoms. The van der Waals surface area contributed by atoms with E-state index in [1.54, 1.807) is 10.8 Å². The first kappa shape index (κ1) is 14.1. The lowest BCUT2D eigenvalue weighted by Crippen LogP contribution is -2.52. The van der Waals surface area contributed by atoms with Crippen LogP contribution in [-0.4, -0.2) is 55.5 Å². The van der Waals surface area contributed by atoms with E-state index in [0.717, 1.165) is 49.1 Å². The lowest BCUT2D eigenvalue weighted by molar-refractivity contribution is 0.196. The molecule has 1 aliphatic heterocycles. The molecule has 0 aliphatic carbocycles. The van der Waals surface area contributed by atoms with Gasteiger partial charge in [-0.2, -0.15) is 4.52 Å². The molecule has 4 rings (SSSR count). The quantitative estimate of drug-likeness (QED) is 0.717. The van der Waals surface area contributed by atoms with Gasteiger partial charge >= 0.3 is 0 Å². The van der Waals surface area contributed by atoms with Crippen molar-refractivity contribution in [3.8, 4) is 0 Å². The average Bonchev–Trinajstić information content (AvgIpc) is 3.15. The molecule has 0 spiro atoms. The third kappa shape index (κ3) is 2.77. The van der Waals surface area contributed by atoms with Gasteiger partial charge in [0.15, 0.2) is 11.4 Å². The van der Waals surface area contributed by atoms with Crippen LogP contribution in [0.1, 0.15) is 18.4 Å². The molecule has 1 unspecified atom stereocenters. The van der Waals surface area contributed by atoms with Gasteiger partial charge in [-0.15, -0.1) is 15.3 Å². The van der Waals surface area contributed by atoms with E-state index < -0.39 is 0 Å². The topological polar surface area (TPSA) is 75.6 Å². The summed E-state index contributed by atoms with van der Waals surface area (Å²) < 4.78 is 7.03. The summed E-state index contributed by atoms with van der Waals surface area (Å²) in [7, 11) is 0. The first-order valence-electron chi connectivity index (χ1n) is 7.77. The molecular weight excluding hydrogens is 294 g/mol. The minimum absolute atomic E-state index is 0.370. The molecular formula is C15H19N7O. The van der Waals surface area contributed by atoms with Crippen molar-refractivity contribution in [2.45, 2.75) is 26.4 Å². The predicted molar refractivity (Wildman–Crippen MR) is 84.1 cm³/mol. The maximum absolute atomic E-state index is 5.32. The Bertz CT molecular complexity index is 811. The summed E-state index contributed by atoms with van der Waals surface area (Å²) in [6, 6.07) is 6.33. The summed E-state index contributed by atoms with van der Waals surface area (Å²) in [4.78, 5) is 4.71. The Labute approximate surface area is 133 Å². The Morgan fingerprint density at radius 1 is 1.30 bits per heavy atom. The Kier molecular flexibility index (Phi) is 3.45. The highest BCUT2D eigenvalue weighted by molar-refractivity contribution is 5.46. The van der Waals surface area contributed by atoms with Gasteiger partial charge < -0.3 is 9.42 Å². The molecule has 0 amide bonds. The normalized spacial score (nSPS) is 19.6. The van der Waals surface area contributed by atoms with Gasteiger partial charge in [0, 0.05) is 31.7 Å². The fraction of sp³-hybridized carbons (Fsp3) is 0.467. The largest absolute Gasteiger partial charge is 0.360 e. The molecule has 120 valence electrons. The fourth-order valence-corrected chi connectivity index (χ4v) is 3.10. The number of rotatable bonds is 3. The Hall–Kier alpha value is -2.48. The summed E-state index contributed by atoms with van der Waals surface area (Å²) in [6.07, 6.45) is 1.63. The minimum Gasteiger partial charge on any atom is -0.360 e. The number of hydrogen-bond donors (Lipinski definition) is 0. The molecule has 0 N–H and O–H groups in total. The molecule has 8 heteroatoms. The number of fused-ring (bicyclic) bond motifs is 1. The summed E-state index contributed by atoms with van der Waals surface area (Å²) in [5.41, 5.74) is 1.69. The molecule has 3 aromatic heterocycles. The van der Waals surface area contributed by atoms with E-state index in [1.165, 1.54) is 0 Å². The van der Waals surface area contributed by atoms with Gasteiger partial charge in [-0.25, -0.2) is 0 Å². The third-order valence-electron chi connectivity index (χ3n) is 4.21. The molecule has 8 nitrogen and oxygen atoms in total. The second-order valence-electron chi connectivity index (χ2n) is 6.04. The number of nitrogens with zero attached hydrogens (tertiary/aromatic N) is 7. The molecule has 23 heavy (non-hydrogen) atoms. The molecule has 0 aromatic carbocycles. The Morgan fingerprint density at radius 3 is 3.00 bits per heavy atom. The van der Waals surface area contributed by atoms with Gasteiger partial charge in [0.2, 0.25) is 0 Å². The van der Waals surface area contributed by atoms with Crippen LogP contribution in [0, 0.1) is 6.92 Å². The molecule has 4 heterocycles. The second kappa shape index (κ2) is 5.62. The van der Waals surface area contributed by atoms with Crippen LogP contribution in [0.2, 0.25) is 0 Å². The summed E-state index contributed by atoms with van der Waals surface area (Å²) in [5.74, 6) is 1.88. The smallest absolute Gasteiger partial charge is 0.177 e. The van der Waals surface area contributed by atoms with Crippen LogP contribution in [0.15, 0.2) is 29.0 Å². The number of aryl methyl sites for hydroxylation is 1. The van der Waals surface area contributed by atoms with Crippen LogP contribution in [0.25, 0.3) is 5.65 Å². The molecule has 1 fully saturated rings. The monoisotopic (exact) mass is 313 g/mol. The van der Waals surface area contributed by atoms with Crippen molar-refractivity contribution in [1.29, 1.82) is 0 Å². The molecule has 1 atom stereocenters. The van der Waals surface area contributed by atoms with Crippen LogP contribution in [0.4, 0.5) is 5.82 Å². The van der Waals surface area contributed by atoms with E-state index in [4.69, 9.17) is 4.52 Å². The highest BCUT2D eigenvalue weighted by atomic mass is 16.5. The zero-order valence-corrected chi connectivity index (χ0v) is 13.3. The lowest BCUT2D eigenvalue weighted by atomic mass is 10.2. The summed E-state index contributed by atoms with van der Waals surface area (Å²) in [6.45, 7) is 7.82. The van der Waals surface area contributed by atoms with Gasteiger partial charge in [0.1, 0.15) is 12.1 Å². The molecule has 1 saturated heterocycles. The summed E-state index contributed by atoms with van der Waals surface area (Å²) in [5, 5.41) is 16.4. The van der Waals surface area contributed by atoms with Crippen molar-refractivity contribution in [2.75, 3.05) is 24.5 Å². The van der Waals surface area contributed by atoms with Crippen LogP contribution < -0.4 is 4.90 Å². The van der Waals surface area contributed by atoms with Crippen LogP contribution in [-0.2, 0) is 6.54 Å². The van der Waals surface area contributed by atoms with Crippen molar-refractivity contribution in [1.82, 2.24) is 29.9 Å². The van der Waals surface area contributed by atoms with Gasteiger partial charge in [-0.3, -0.25) is 4.90 Å². The first-order chi connectivity index (χ1) is 11.2. The SMILES string of the molecule is Cc1cc(CN2CCN(c3ccc4nncn4n3)C(C)C2)on1. The van der Waals surface area contributed by atoms with Crippen LogP contribution in [0.5, 0.6) is 0 Å². The molecule has 3 aromatic rings. The van der Waals surface area contributed by atoms with E-state index in [-0.39, 0.29) is 0 Å². The fourth-order valence-electron chi connectivity index (χ4n) is 3.10.